The highest BCUT2D eigenvalue weighted by Gasteiger charge is 2.14. The van der Waals surface area contributed by atoms with E-state index in [2.05, 4.69) is 83.8 Å². The number of para-hydroxylation sites is 1. The molecule has 5 heteroatoms. The van der Waals surface area contributed by atoms with Crippen molar-refractivity contribution in [2.24, 2.45) is 0 Å². The van der Waals surface area contributed by atoms with Crippen molar-refractivity contribution in [2.45, 2.75) is 0 Å². The van der Waals surface area contributed by atoms with Crippen molar-refractivity contribution in [3.63, 3.8) is 0 Å². The van der Waals surface area contributed by atoms with E-state index in [9.17, 15) is 0 Å². The summed E-state index contributed by atoms with van der Waals surface area (Å²) in [6, 6.07) is 45.2. The van der Waals surface area contributed by atoms with Crippen LogP contribution in [0.3, 0.4) is 0 Å². The van der Waals surface area contributed by atoms with Gasteiger partial charge in [0.25, 0.3) is 0 Å². The predicted octanol–water partition coefficient (Wildman–Crippen LogP) is 8.79. The van der Waals surface area contributed by atoms with Crippen LogP contribution in [0, 0.1) is 0 Å². The first-order valence-electron chi connectivity index (χ1n) is 13.9. The summed E-state index contributed by atoms with van der Waals surface area (Å²) in [7, 11) is 0. The van der Waals surface area contributed by atoms with Gasteiger partial charge in [0.05, 0.1) is 33.6 Å². The summed E-state index contributed by atoms with van der Waals surface area (Å²) in [5.74, 6) is 0.573. The fraction of sp³-hybridized carbons (Fsp3) is 0. The number of fused-ring (bicyclic) bond motifs is 4. The first-order valence-corrected chi connectivity index (χ1v) is 13.9. The van der Waals surface area contributed by atoms with Crippen molar-refractivity contribution >= 4 is 32.7 Å². The molecular weight excluding hydrogens is 514 g/mol. The number of benzene rings is 4. The third-order valence-corrected chi connectivity index (χ3v) is 7.52. The van der Waals surface area contributed by atoms with Gasteiger partial charge in [0.15, 0.2) is 5.82 Å². The Hall–Kier alpha value is -5.81. The van der Waals surface area contributed by atoms with E-state index in [-0.39, 0.29) is 0 Å². The SMILES string of the molecule is c1ccc(-c2cccc(-c3nc(-c4cccc(-c5ccc6ccc7cccnc7c6n5)n4)nc4ccccc34)c2)cc1. The smallest absolute Gasteiger partial charge is 0.179 e. The summed E-state index contributed by atoms with van der Waals surface area (Å²) in [5.41, 5.74) is 9.05. The standard InChI is InChI=1S/C37H23N5/c1-2-9-24(10-3-1)27-11-6-12-28(23-27)34-29-14-4-5-15-30(29)41-37(42-34)33-17-7-16-31(39-33)32-21-20-26-19-18-25-13-8-22-38-35(25)36(26)40-32/h1-23H. The predicted molar refractivity (Wildman–Crippen MR) is 170 cm³/mol. The number of aromatic nitrogens is 5. The van der Waals surface area contributed by atoms with Gasteiger partial charge in [-0.25, -0.2) is 19.9 Å². The lowest BCUT2D eigenvalue weighted by Crippen LogP contribution is -1.98. The molecule has 0 unspecified atom stereocenters. The Bertz CT molecular complexity index is 2260. The number of hydrogen-bond acceptors (Lipinski definition) is 5. The third-order valence-electron chi connectivity index (χ3n) is 7.52. The van der Waals surface area contributed by atoms with E-state index in [0.29, 0.717) is 11.5 Å². The molecule has 5 nitrogen and oxygen atoms in total. The number of hydrogen-bond donors (Lipinski definition) is 0. The van der Waals surface area contributed by atoms with Crippen LogP contribution in [0.5, 0.6) is 0 Å². The van der Waals surface area contributed by atoms with Gasteiger partial charge in [0.2, 0.25) is 0 Å². The van der Waals surface area contributed by atoms with E-state index in [1.54, 1.807) is 6.20 Å². The van der Waals surface area contributed by atoms with Crippen LogP contribution in [0.15, 0.2) is 140 Å². The molecular formula is C37H23N5. The summed E-state index contributed by atoms with van der Waals surface area (Å²) in [5, 5.41) is 3.10. The Morgan fingerprint density at radius 3 is 2.05 bits per heavy atom. The zero-order valence-corrected chi connectivity index (χ0v) is 22.5. The van der Waals surface area contributed by atoms with Crippen LogP contribution in [0.25, 0.3) is 78.0 Å². The van der Waals surface area contributed by atoms with Crippen LogP contribution in [0.2, 0.25) is 0 Å². The molecule has 0 fully saturated rings. The Kier molecular flexibility index (Phi) is 5.71. The van der Waals surface area contributed by atoms with E-state index in [1.165, 1.54) is 0 Å². The molecule has 0 bridgehead atoms. The van der Waals surface area contributed by atoms with Crippen LogP contribution < -0.4 is 0 Å². The summed E-state index contributed by atoms with van der Waals surface area (Å²) in [6.07, 6.45) is 1.80. The van der Waals surface area contributed by atoms with Gasteiger partial charge >= 0.3 is 0 Å². The van der Waals surface area contributed by atoms with Crippen molar-refractivity contribution in [2.75, 3.05) is 0 Å². The highest BCUT2D eigenvalue weighted by atomic mass is 14.9. The monoisotopic (exact) mass is 537 g/mol. The van der Waals surface area contributed by atoms with Crippen LogP contribution >= 0.6 is 0 Å². The zero-order chi connectivity index (χ0) is 27.9. The molecule has 42 heavy (non-hydrogen) atoms. The van der Waals surface area contributed by atoms with Crippen LogP contribution in [0.1, 0.15) is 0 Å². The lowest BCUT2D eigenvalue weighted by atomic mass is 10.00. The van der Waals surface area contributed by atoms with Crippen molar-refractivity contribution in [3.05, 3.63) is 140 Å². The van der Waals surface area contributed by atoms with E-state index >= 15 is 0 Å². The van der Waals surface area contributed by atoms with E-state index in [4.69, 9.17) is 19.9 Å². The minimum atomic E-state index is 0.573. The average Bonchev–Trinajstić information content (AvgIpc) is 3.08. The van der Waals surface area contributed by atoms with Crippen molar-refractivity contribution in [1.29, 1.82) is 0 Å². The Morgan fingerprint density at radius 1 is 0.405 bits per heavy atom. The maximum Gasteiger partial charge on any atom is 0.179 e. The van der Waals surface area contributed by atoms with Gasteiger partial charge in [-0.05, 0) is 47.5 Å². The lowest BCUT2D eigenvalue weighted by Gasteiger charge is -2.11. The highest BCUT2D eigenvalue weighted by molar-refractivity contribution is 6.03. The third kappa shape index (κ3) is 4.25. The normalized spacial score (nSPS) is 11.3. The van der Waals surface area contributed by atoms with Crippen molar-refractivity contribution in [1.82, 2.24) is 24.9 Å². The van der Waals surface area contributed by atoms with Gasteiger partial charge < -0.3 is 0 Å². The molecule has 4 aromatic heterocycles. The molecule has 8 rings (SSSR count). The highest BCUT2D eigenvalue weighted by Crippen LogP contribution is 2.32. The molecule has 0 aliphatic rings. The molecule has 4 aromatic carbocycles. The number of nitrogens with zero attached hydrogens (tertiary/aromatic N) is 5. The number of rotatable bonds is 4. The Morgan fingerprint density at radius 2 is 1.12 bits per heavy atom. The topological polar surface area (TPSA) is 64.5 Å². The van der Waals surface area contributed by atoms with E-state index in [1.807, 2.05) is 54.6 Å². The van der Waals surface area contributed by atoms with Crippen molar-refractivity contribution < 1.29 is 0 Å². The first kappa shape index (κ1) is 24.0. The Labute approximate surface area is 242 Å². The lowest BCUT2D eigenvalue weighted by molar-refractivity contribution is 1.17. The molecule has 0 saturated heterocycles. The summed E-state index contributed by atoms with van der Waals surface area (Å²) in [6.45, 7) is 0. The molecule has 0 atom stereocenters. The molecule has 4 heterocycles. The fourth-order valence-corrected chi connectivity index (χ4v) is 5.46. The van der Waals surface area contributed by atoms with Crippen LogP contribution in [-0.2, 0) is 0 Å². The van der Waals surface area contributed by atoms with E-state index < -0.39 is 0 Å². The van der Waals surface area contributed by atoms with Gasteiger partial charge in [-0.2, -0.15) is 0 Å². The molecule has 196 valence electrons. The minimum Gasteiger partial charge on any atom is -0.254 e. The second-order valence-electron chi connectivity index (χ2n) is 10.2. The van der Waals surface area contributed by atoms with Crippen molar-refractivity contribution in [3.8, 4) is 45.3 Å². The van der Waals surface area contributed by atoms with Gasteiger partial charge in [0.1, 0.15) is 5.69 Å². The summed E-state index contributed by atoms with van der Waals surface area (Å²) < 4.78 is 0. The molecule has 0 spiro atoms. The minimum absolute atomic E-state index is 0.573. The fourth-order valence-electron chi connectivity index (χ4n) is 5.46. The second-order valence-corrected chi connectivity index (χ2v) is 10.2. The Balaban J connectivity index is 1.26. The zero-order valence-electron chi connectivity index (χ0n) is 22.5. The summed E-state index contributed by atoms with van der Waals surface area (Å²) >= 11 is 0. The van der Waals surface area contributed by atoms with Gasteiger partial charge in [-0.15, -0.1) is 0 Å². The molecule has 0 N–H and O–H groups in total. The molecule has 0 aliphatic carbocycles. The molecule has 8 aromatic rings. The van der Waals surface area contributed by atoms with Crippen LogP contribution in [-0.4, -0.2) is 24.9 Å². The van der Waals surface area contributed by atoms with Gasteiger partial charge in [-0.3, -0.25) is 4.98 Å². The first-order chi connectivity index (χ1) is 20.8. The quantitative estimate of drug-likeness (QED) is 0.210. The van der Waals surface area contributed by atoms with Gasteiger partial charge in [0, 0.05) is 27.9 Å². The molecule has 0 radical (unpaired) electrons. The molecule has 0 aliphatic heterocycles. The molecule has 0 saturated carbocycles. The van der Waals surface area contributed by atoms with Gasteiger partial charge in [-0.1, -0.05) is 97.1 Å². The molecule has 0 amide bonds. The summed E-state index contributed by atoms with van der Waals surface area (Å²) in [4.78, 5) is 24.6. The van der Waals surface area contributed by atoms with Crippen LogP contribution in [0.4, 0.5) is 0 Å². The second kappa shape index (κ2) is 9.98. The maximum absolute atomic E-state index is 5.10. The average molecular weight is 538 g/mol. The maximum atomic E-state index is 5.10. The largest absolute Gasteiger partial charge is 0.254 e. The number of pyridine rings is 3. The van der Waals surface area contributed by atoms with E-state index in [0.717, 1.165) is 66.5 Å².